The van der Waals surface area contributed by atoms with Gasteiger partial charge in [0.05, 0.1) is 5.02 Å². The van der Waals surface area contributed by atoms with Gasteiger partial charge in [0.2, 0.25) is 6.41 Å². The topological polar surface area (TPSA) is 29.1 Å². The standard InChI is InChI=1S/C7H6ClNOS/c8-6-3-5(9-4-10)1-2-7(6)11/h1-4,11H,(H,9,10). The molecule has 2 nitrogen and oxygen atoms in total. The average Bonchev–Trinajstić information content (AvgIpc) is 1.98. The minimum Gasteiger partial charge on any atom is -0.329 e. The minimum atomic E-state index is 0.528. The number of halogens is 1. The highest BCUT2D eigenvalue weighted by Crippen LogP contribution is 2.22. The van der Waals surface area contributed by atoms with Crippen LogP contribution in [0.5, 0.6) is 0 Å². The van der Waals surface area contributed by atoms with E-state index in [1.807, 2.05) is 0 Å². The lowest BCUT2D eigenvalue weighted by molar-refractivity contribution is -0.105. The highest BCUT2D eigenvalue weighted by molar-refractivity contribution is 7.80. The number of anilines is 1. The van der Waals surface area contributed by atoms with Gasteiger partial charge >= 0.3 is 0 Å². The Morgan fingerprint density at radius 3 is 2.82 bits per heavy atom. The third kappa shape index (κ3) is 2.13. The molecule has 0 aliphatic heterocycles. The van der Waals surface area contributed by atoms with Crippen LogP contribution in [0.15, 0.2) is 23.1 Å². The molecule has 58 valence electrons. The number of amides is 1. The Bertz CT molecular complexity index is 277. The van der Waals surface area contributed by atoms with E-state index >= 15 is 0 Å². The molecule has 0 bridgehead atoms. The predicted molar refractivity (Wildman–Crippen MR) is 48.4 cm³/mol. The smallest absolute Gasteiger partial charge is 0.211 e. The molecule has 0 aliphatic rings. The number of carbonyl (C=O) groups excluding carboxylic acids is 1. The van der Waals surface area contributed by atoms with Crippen LogP contribution >= 0.6 is 24.2 Å². The Morgan fingerprint density at radius 1 is 1.55 bits per heavy atom. The van der Waals surface area contributed by atoms with Crippen LogP contribution in [0.2, 0.25) is 5.02 Å². The fourth-order valence-electron chi connectivity index (χ4n) is 0.665. The second-order valence-corrected chi connectivity index (χ2v) is 2.82. The summed E-state index contributed by atoms with van der Waals surface area (Å²) in [5, 5.41) is 3.00. The maximum Gasteiger partial charge on any atom is 0.211 e. The minimum absolute atomic E-state index is 0.528. The lowest BCUT2D eigenvalue weighted by Gasteiger charge is -2.00. The Hall–Kier alpha value is -0.670. The lowest BCUT2D eigenvalue weighted by Crippen LogP contribution is -1.92. The van der Waals surface area contributed by atoms with Gasteiger partial charge in [-0.1, -0.05) is 11.6 Å². The predicted octanol–water partition coefficient (Wildman–Crippen LogP) is 2.20. The Labute approximate surface area is 75.0 Å². The summed E-state index contributed by atoms with van der Waals surface area (Å²) in [5.74, 6) is 0. The first-order chi connectivity index (χ1) is 5.24. The third-order valence-electron chi connectivity index (χ3n) is 1.17. The molecule has 0 saturated carbocycles. The van der Waals surface area contributed by atoms with Gasteiger partial charge in [-0.05, 0) is 18.2 Å². The molecule has 1 aromatic carbocycles. The molecule has 0 aliphatic carbocycles. The zero-order valence-electron chi connectivity index (χ0n) is 5.54. The largest absolute Gasteiger partial charge is 0.329 e. The SMILES string of the molecule is O=CNc1ccc(S)c(Cl)c1. The normalized spacial score (nSPS) is 9.27. The van der Waals surface area contributed by atoms with Gasteiger partial charge in [-0.25, -0.2) is 0 Å². The van der Waals surface area contributed by atoms with Crippen molar-refractivity contribution in [2.24, 2.45) is 0 Å². The van der Waals surface area contributed by atoms with Gasteiger partial charge < -0.3 is 5.32 Å². The summed E-state index contributed by atoms with van der Waals surface area (Å²) in [6, 6.07) is 5.08. The second-order valence-electron chi connectivity index (χ2n) is 1.93. The maximum atomic E-state index is 10.00. The van der Waals surface area contributed by atoms with Crippen LogP contribution in [0.4, 0.5) is 5.69 Å². The van der Waals surface area contributed by atoms with Gasteiger partial charge in [0.25, 0.3) is 0 Å². The van der Waals surface area contributed by atoms with Crippen LogP contribution < -0.4 is 5.32 Å². The molecule has 1 N–H and O–H groups in total. The van der Waals surface area contributed by atoms with Crippen molar-refractivity contribution in [1.29, 1.82) is 0 Å². The molecule has 0 radical (unpaired) electrons. The van der Waals surface area contributed by atoms with Crippen molar-refractivity contribution in [3.63, 3.8) is 0 Å². The molecule has 0 aromatic heterocycles. The molecule has 0 atom stereocenters. The van der Waals surface area contributed by atoms with Gasteiger partial charge in [0, 0.05) is 10.6 Å². The highest BCUT2D eigenvalue weighted by atomic mass is 35.5. The van der Waals surface area contributed by atoms with E-state index in [2.05, 4.69) is 17.9 Å². The molecule has 0 spiro atoms. The van der Waals surface area contributed by atoms with E-state index in [1.54, 1.807) is 18.2 Å². The van der Waals surface area contributed by atoms with E-state index in [0.717, 1.165) is 0 Å². The van der Waals surface area contributed by atoms with Gasteiger partial charge in [0.15, 0.2) is 0 Å². The summed E-state index contributed by atoms with van der Waals surface area (Å²) < 4.78 is 0. The molecule has 11 heavy (non-hydrogen) atoms. The Morgan fingerprint density at radius 2 is 2.27 bits per heavy atom. The number of carbonyl (C=O) groups is 1. The first-order valence-corrected chi connectivity index (χ1v) is 3.75. The van der Waals surface area contributed by atoms with E-state index < -0.39 is 0 Å². The van der Waals surface area contributed by atoms with Gasteiger partial charge in [-0.15, -0.1) is 12.6 Å². The third-order valence-corrected chi connectivity index (χ3v) is 2.01. The molecular formula is C7H6ClNOS. The molecular weight excluding hydrogens is 182 g/mol. The second kappa shape index (κ2) is 3.64. The summed E-state index contributed by atoms with van der Waals surface area (Å²) >= 11 is 9.78. The maximum absolute atomic E-state index is 10.00. The van der Waals surface area contributed by atoms with Crippen molar-refractivity contribution >= 4 is 36.3 Å². The number of hydrogen-bond donors (Lipinski definition) is 2. The summed E-state index contributed by atoms with van der Waals surface area (Å²) in [7, 11) is 0. The van der Waals surface area contributed by atoms with Crippen LogP contribution in [0.3, 0.4) is 0 Å². The lowest BCUT2D eigenvalue weighted by atomic mass is 10.3. The molecule has 1 amide bonds. The number of benzene rings is 1. The first kappa shape index (κ1) is 8.43. The molecule has 1 rings (SSSR count). The Balaban J connectivity index is 2.95. The van der Waals surface area contributed by atoms with Crippen LogP contribution in [0, 0.1) is 0 Å². The van der Waals surface area contributed by atoms with Crippen molar-refractivity contribution in [2.45, 2.75) is 4.90 Å². The number of nitrogens with one attached hydrogen (secondary N) is 1. The molecule has 4 heteroatoms. The quantitative estimate of drug-likeness (QED) is 0.540. The van der Waals surface area contributed by atoms with E-state index in [1.165, 1.54) is 0 Å². The zero-order chi connectivity index (χ0) is 8.27. The molecule has 0 heterocycles. The fourth-order valence-corrected chi connectivity index (χ4v) is 0.984. The van der Waals surface area contributed by atoms with Gasteiger partial charge in [-0.3, -0.25) is 4.79 Å². The fraction of sp³-hybridized carbons (Fsp3) is 0. The Kier molecular flexibility index (Phi) is 2.79. The molecule has 0 saturated heterocycles. The van der Waals surface area contributed by atoms with E-state index in [0.29, 0.717) is 22.0 Å². The monoisotopic (exact) mass is 187 g/mol. The summed E-state index contributed by atoms with van der Waals surface area (Å²) in [6.45, 7) is 0. The molecule has 0 unspecified atom stereocenters. The number of thiol groups is 1. The number of rotatable bonds is 2. The van der Waals surface area contributed by atoms with Crippen molar-refractivity contribution in [3.05, 3.63) is 23.2 Å². The van der Waals surface area contributed by atoms with E-state index in [4.69, 9.17) is 11.6 Å². The zero-order valence-corrected chi connectivity index (χ0v) is 7.19. The highest BCUT2D eigenvalue weighted by Gasteiger charge is 1.95. The molecule has 1 aromatic rings. The van der Waals surface area contributed by atoms with Crippen LogP contribution in [-0.4, -0.2) is 6.41 Å². The van der Waals surface area contributed by atoms with Crippen LogP contribution in [-0.2, 0) is 4.79 Å². The van der Waals surface area contributed by atoms with Crippen molar-refractivity contribution in [2.75, 3.05) is 5.32 Å². The van der Waals surface area contributed by atoms with Crippen molar-refractivity contribution in [1.82, 2.24) is 0 Å². The van der Waals surface area contributed by atoms with Gasteiger partial charge in [-0.2, -0.15) is 0 Å². The van der Waals surface area contributed by atoms with Crippen LogP contribution in [0.25, 0.3) is 0 Å². The van der Waals surface area contributed by atoms with Crippen molar-refractivity contribution in [3.8, 4) is 0 Å². The molecule has 0 fully saturated rings. The van der Waals surface area contributed by atoms with Crippen LogP contribution in [0.1, 0.15) is 0 Å². The first-order valence-electron chi connectivity index (χ1n) is 2.93. The number of hydrogen-bond acceptors (Lipinski definition) is 2. The average molecular weight is 188 g/mol. The van der Waals surface area contributed by atoms with Gasteiger partial charge in [0.1, 0.15) is 0 Å². The summed E-state index contributed by atoms with van der Waals surface area (Å²) in [4.78, 5) is 10.7. The van der Waals surface area contributed by atoms with E-state index in [9.17, 15) is 4.79 Å². The van der Waals surface area contributed by atoms with Crippen molar-refractivity contribution < 1.29 is 4.79 Å². The summed E-state index contributed by atoms with van der Waals surface area (Å²) in [5.41, 5.74) is 0.669. The van der Waals surface area contributed by atoms with E-state index in [-0.39, 0.29) is 0 Å². The summed E-state index contributed by atoms with van der Waals surface area (Å²) in [6.07, 6.45) is 0.601.